The maximum atomic E-state index is 13.1. The predicted octanol–water partition coefficient (Wildman–Crippen LogP) is 6.79. The zero-order valence-electron chi connectivity index (χ0n) is 18.7. The minimum Gasteiger partial charge on any atom is -0.318 e. The molecule has 168 valence electrons. The van der Waals surface area contributed by atoms with E-state index in [1.807, 2.05) is 24.3 Å². The molecule has 2 heterocycles. The number of carbonyl (C=O) groups excluding carboxylic acids is 1. The second-order valence-corrected chi connectivity index (χ2v) is 9.06. The van der Waals surface area contributed by atoms with Gasteiger partial charge < -0.3 is 9.88 Å². The van der Waals surface area contributed by atoms with Gasteiger partial charge in [0.1, 0.15) is 5.82 Å². The number of thioether (sulfide) groups is 1. The van der Waals surface area contributed by atoms with Gasteiger partial charge in [0, 0.05) is 17.1 Å². The number of benzene rings is 3. The number of aromatic nitrogens is 1. The Bertz CT molecular complexity index is 1420. The molecule has 1 N–H and O–H groups in total. The van der Waals surface area contributed by atoms with E-state index in [0.717, 1.165) is 22.6 Å². The van der Waals surface area contributed by atoms with E-state index in [-0.39, 0.29) is 11.7 Å². The summed E-state index contributed by atoms with van der Waals surface area (Å²) in [5, 5.41) is 3.27. The summed E-state index contributed by atoms with van der Waals surface area (Å²) in [6.07, 6.45) is 1.89. The standard InChI is InChI=1S/C28H22FN3OS/c1-18-16-22(17-26-27(33)31-28(34-26)30-24-12-10-23(29)11-13-24)19(2)32(18)25-14-8-21(9-15-25)20-6-4-3-5-7-20/h3-17H,1-2H3,(H,30,31,33)/b26-17-. The van der Waals surface area contributed by atoms with Crippen LogP contribution in [0.15, 0.2) is 94.8 Å². The molecule has 1 aliphatic rings. The summed E-state index contributed by atoms with van der Waals surface area (Å²) >= 11 is 1.28. The summed E-state index contributed by atoms with van der Waals surface area (Å²) < 4.78 is 15.3. The van der Waals surface area contributed by atoms with Crippen molar-refractivity contribution in [2.45, 2.75) is 13.8 Å². The van der Waals surface area contributed by atoms with Crippen molar-refractivity contribution >= 4 is 34.6 Å². The highest BCUT2D eigenvalue weighted by Crippen LogP contribution is 2.31. The Morgan fingerprint density at radius 1 is 0.912 bits per heavy atom. The lowest BCUT2D eigenvalue weighted by atomic mass is 10.1. The van der Waals surface area contributed by atoms with E-state index in [2.05, 4.69) is 71.2 Å². The van der Waals surface area contributed by atoms with Crippen molar-refractivity contribution in [3.8, 4) is 16.8 Å². The Morgan fingerprint density at radius 3 is 2.29 bits per heavy atom. The van der Waals surface area contributed by atoms with Crippen LogP contribution in [0.4, 0.5) is 10.1 Å². The van der Waals surface area contributed by atoms with Gasteiger partial charge in [0.05, 0.1) is 10.6 Å². The van der Waals surface area contributed by atoms with Crippen molar-refractivity contribution in [1.29, 1.82) is 0 Å². The first-order chi connectivity index (χ1) is 16.5. The molecule has 34 heavy (non-hydrogen) atoms. The molecule has 1 saturated heterocycles. The number of nitrogens with zero attached hydrogens (tertiary/aromatic N) is 2. The molecule has 1 aromatic heterocycles. The molecule has 0 radical (unpaired) electrons. The first kappa shape index (κ1) is 21.9. The number of halogens is 1. The molecule has 0 bridgehead atoms. The monoisotopic (exact) mass is 467 g/mol. The van der Waals surface area contributed by atoms with Crippen LogP contribution >= 0.6 is 11.8 Å². The zero-order valence-corrected chi connectivity index (χ0v) is 19.6. The Labute approximate surface area is 201 Å². The highest BCUT2D eigenvalue weighted by atomic mass is 32.2. The average molecular weight is 468 g/mol. The molecule has 0 saturated carbocycles. The van der Waals surface area contributed by atoms with Crippen LogP contribution in [0.5, 0.6) is 0 Å². The van der Waals surface area contributed by atoms with Gasteiger partial charge >= 0.3 is 0 Å². The third kappa shape index (κ3) is 4.45. The van der Waals surface area contributed by atoms with Crippen LogP contribution in [0.3, 0.4) is 0 Å². The largest absolute Gasteiger partial charge is 0.318 e. The number of nitrogens with one attached hydrogen (secondary N) is 1. The molecule has 5 rings (SSSR count). The lowest BCUT2D eigenvalue weighted by Crippen LogP contribution is -2.19. The normalized spacial score (nSPS) is 15.8. The molecular formula is C28H22FN3OS. The van der Waals surface area contributed by atoms with Gasteiger partial charge in [0.25, 0.3) is 5.91 Å². The van der Waals surface area contributed by atoms with E-state index in [4.69, 9.17) is 0 Å². The summed E-state index contributed by atoms with van der Waals surface area (Å²) in [6.45, 7) is 4.11. The van der Waals surface area contributed by atoms with Crippen LogP contribution in [0.1, 0.15) is 17.0 Å². The minimum absolute atomic E-state index is 0.192. The molecule has 0 spiro atoms. The summed E-state index contributed by atoms with van der Waals surface area (Å²) in [7, 11) is 0. The molecule has 0 atom stereocenters. The molecule has 4 aromatic rings. The second kappa shape index (κ2) is 9.15. The molecule has 0 aliphatic carbocycles. The van der Waals surface area contributed by atoms with Gasteiger partial charge in [-0.3, -0.25) is 4.79 Å². The molecule has 4 nitrogen and oxygen atoms in total. The third-order valence-electron chi connectivity index (χ3n) is 5.70. The van der Waals surface area contributed by atoms with Gasteiger partial charge in [-0.15, -0.1) is 0 Å². The first-order valence-corrected chi connectivity index (χ1v) is 11.7. The van der Waals surface area contributed by atoms with E-state index in [1.54, 1.807) is 12.1 Å². The number of carbonyl (C=O) groups is 1. The SMILES string of the molecule is Cc1cc(/C=C2\SC(=Nc3ccc(F)cc3)NC2=O)c(C)n1-c1ccc(-c2ccccc2)cc1. The summed E-state index contributed by atoms with van der Waals surface area (Å²) in [5.74, 6) is -0.513. The van der Waals surface area contributed by atoms with Gasteiger partial charge in [-0.25, -0.2) is 9.38 Å². The van der Waals surface area contributed by atoms with E-state index < -0.39 is 0 Å². The second-order valence-electron chi connectivity index (χ2n) is 8.03. The van der Waals surface area contributed by atoms with Crippen molar-refractivity contribution in [3.63, 3.8) is 0 Å². The van der Waals surface area contributed by atoms with Crippen molar-refractivity contribution in [2.75, 3.05) is 0 Å². The van der Waals surface area contributed by atoms with E-state index in [0.29, 0.717) is 15.8 Å². The summed E-state index contributed by atoms with van der Waals surface area (Å²) in [6, 6.07) is 26.7. The number of hydrogen-bond acceptors (Lipinski definition) is 3. The molecule has 3 aromatic carbocycles. The van der Waals surface area contributed by atoms with Crippen LogP contribution in [0.2, 0.25) is 0 Å². The smallest absolute Gasteiger partial charge is 0.264 e. The first-order valence-electron chi connectivity index (χ1n) is 10.9. The van der Waals surface area contributed by atoms with Crippen molar-refractivity contribution in [3.05, 3.63) is 113 Å². The number of amides is 1. The molecular weight excluding hydrogens is 445 g/mol. The Morgan fingerprint density at radius 2 is 1.59 bits per heavy atom. The average Bonchev–Trinajstić information content (AvgIpc) is 3.33. The Hall–Kier alpha value is -3.90. The highest BCUT2D eigenvalue weighted by molar-refractivity contribution is 8.18. The molecule has 0 unspecified atom stereocenters. The van der Waals surface area contributed by atoms with E-state index in [9.17, 15) is 9.18 Å². The van der Waals surface area contributed by atoms with Crippen LogP contribution < -0.4 is 5.32 Å². The van der Waals surface area contributed by atoms with Crippen molar-refractivity contribution < 1.29 is 9.18 Å². The fourth-order valence-electron chi connectivity index (χ4n) is 4.02. The van der Waals surface area contributed by atoms with E-state index >= 15 is 0 Å². The minimum atomic E-state index is -0.322. The van der Waals surface area contributed by atoms with Gasteiger partial charge in [-0.05, 0) is 90.8 Å². The predicted molar refractivity (Wildman–Crippen MR) is 138 cm³/mol. The maximum Gasteiger partial charge on any atom is 0.264 e. The number of hydrogen-bond donors (Lipinski definition) is 1. The van der Waals surface area contributed by atoms with Crippen LogP contribution in [0.25, 0.3) is 22.9 Å². The molecule has 1 amide bonds. The number of rotatable bonds is 4. The van der Waals surface area contributed by atoms with E-state index in [1.165, 1.54) is 35.0 Å². The van der Waals surface area contributed by atoms with Crippen molar-refractivity contribution in [1.82, 2.24) is 9.88 Å². The zero-order chi connectivity index (χ0) is 23.7. The topological polar surface area (TPSA) is 46.4 Å². The lowest BCUT2D eigenvalue weighted by molar-refractivity contribution is -0.115. The number of aliphatic imine (C=N–C) groups is 1. The van der Waals surface area contributed by atoms with Gasteiger partial charge in [0.15, 0.2) is 5.17 Å². The van der Waals surface area contributed by atoms with Crippen molar-refractivity contribution in [2.24, 2.45) is 4.99 Å². The third-order valence-corrected chi connectivity index (χ3v) is 6.61. The molecule has 1 aliphatic heterocycles. The molecule has 6 heteroatoms. The highest BCUT2D eigenvalue weighted by Gasteiger charge is 2.24. The van der Waals surface area contributed by atoms with Gasteiger partial charge in [0.2, 0.25) is 0 Å². The number of aryl methyl sites for hydroxylation is 1. The maximum absolute atomic E-state index is 13.1. The van der Waals surface area contributed by atoms with Crippen LogP contribution in [0, 0.1) is 19.7 Å². The fourth-order valence-corrected chi connectivity index (χ4v) is 4.85. The van der Waals surface area contributed by atoms with Gasteiger partial charge in [-0.2, -0.15) is 0 Å². The summed E-state index contributed by atoms with van der Waals surface area (Å²) in [4.78, 5) is 17.5. The quantitative estimate of drug-likeness (QED) is 0.336. The van der Waals surface area contributed by atoms with Crippen LogP contribution in [-0.4, -0.2) is 15.6 Å². The van der Waals surface area contributed by atoms with Gasteiger partial charge in [-0.1, -0.05) is 42.5 Å². The fraction of sp³-hybridized carbons (Fsp3) is 0.0714. The Kier molecular flexibility index (Phi) is 5.90. The Balaban J connectivity index is 1.41. The number of amidine groups is 1. The van der Waals surface area contributed by atoms with Crippen LogP contribution in [-0.2, 0) is 4.79 Å². The lowest BCUT2D eigenvalue weighted by Gasteiger charge is -2.11. The molecule has 1 fully saturated rings. The summed E-state index contributed by atoms with van der Waals surface area (Å²) in [5.41, 5.74) is 7.12.